The Kier molecular flexibility index (Phi) is 6.01. The Morgan fingerprint density at radius 3 is 2.15 bits per heavy atom. The SMILES string of the molecule is CC(=O)c1cccc(NC(=O)c2cccc(C(=O)NC3CCCCC3)c2)c1. The molecule has 0 heterocycles. The number of ketones is 1. The molecule has 0 spiro atoms. The normalized spacial score (nSPS) is 14.4. The molecule has 0 atom stereocenters. The van der Waals surface area contributed by atoms with Crippen LogP contribution in [0.15, 0.2) is 48.5 Å². The minimum absolute atomic E-state index is 0.0625. The molecule has 2 aromatic rings. The molecule has 2 aromatic carbocycles. The van der Waals surface area contributed by atoms with Crippen LogP contribution in [-0.2, 0) is 0 Å². The molecule has 3 rings (SSSR count). The van der Waals surface area contributed by atoms with Gasteiger partial charge in [0.1, 0.15) is 0 Å². The first-order valence-corrected chi connectivity index (χ1v) is 9.36. The monoisotopic (exact) mass is 364 g/mol. The molecule has 2 N–H and O–H groups in total. The number of hydrogen-bond donors (Lipinski definition) is 2. The first-order chi connectivity index (χ1) is 13.0. The largest absolute Gasteiger partial charge is 0.349 e. The Labute approximate surface area is 159 Å². The fraction of sp³-hybridized carbons (Fsp3) is 0.318. The minimum Gasteiger partial charge on any atom is -0.349 e. The van der Waals surface area contributed by atoms with Gasteiger partial charge < -0.3 is 10.6 Å². The van der Waals surface area contributed by atoms with Crippen LogP contribution in [-0.4, -0.2) is 23.6 Å². The summed E-state index contributed by atoms with van der Waals surface area (Å²) in [6, 6.07) is 13.7. The average Bonchev–Trinajstić information content (AvgIpc) is 2.69. The first kappa shape index (κ1) is 18.8. The molecule has 0 aromatic heterocycles. The highest BCUT2D eigenvalue weighted by Gasteiger charge is 2.17. The second-order valence-electron chi connectivity index (χ2n) is 6.98. The summed E-state index contributed by atoms with van der Waals surface area (Å²) in [6.07, 6.45) is 5.54. The highest BCUT2D eigenvalue weighted by molar-refractivity contribution is 6.06. The third-order valence-electron chi connectivity index (χ3n) is 4.85. The van der Waals surface area contributed by atoms with Crippen LogP contribution in [0.3, 0.4) is 0 Å². The summed E-state index contributed by atoms with van der Waals surface area (Å²) in [5, 5.41) is 5.84. The summed E-state index contributed by atoms with van der Waals surface area (Å²) in [6.45, 7) is 1.48. The molecule has 27 heavy (non-hydrogen) atoms. The molecule has 0 saturated heterocycles. The van der Waals surface area contributed by atoms with Gasteiger partial charge in [0.15, 0.2) is 5.78 Å². The van der Waals surface area contributed by atoms with Crippen LogP contribution in [0.1, 0.15) is 70.1 Å². The van der Waals surface area contributed by atoms with Crippen LogP contribution in [0, 0.1) is 0 Å². The molecule has 0 aliphatic heterocycles. The maximum absolute atomic E-state index is 12.5. The molecule has 0 radical (unpaired) electrons. The smallest absolute Gasteiger partial charge is 0.255 e. The Morgan fingerprint density at radius 2 is 1.44 bits per heavy atom. The van der Waals surface area contributed by atoms with Gasteiger partial charge in [0.05, 0.1) is 0 Å². The van der Waals surface area contributed by atoms with Crippen molar-refractivity contribution >= 4 is 23.3 Å². The average molecular weight is 364 g/mol. The van der Waals surface area contributed by atoms with Crippen molar-refractivity contribution in [3.63, 3.8) is 0 Å². The van der Waals surface area contributed by atoms with E-state index in [1.807, 2.05) is 0 Å². The Bertz CT molecular complexity index is 854. The molecule has 0 bridgehead atoms. The highest BCUT2D eigenvalue weighted by atomic mass is 16.2. The number of Topliss-reactive ketones (excluding diaryl/α,β-unsaturated/α-hetero) is 1. The lowest BCUT2D eigenvalue weighted by molar-refractivity contribution is 0.0927. The van der Waals surface area contributed by atoms with Crippen LogP contribution in [0.4, 0.5) is 5.69 Å². The lowest BCUT2D eigenvalue weighted by Crippen LogP contribution is -2.36. The van der Waals surface area contributed by atoms with Gasteiger partial charge in [0.25, 0.3) is 11.8 Å². The molecular formula is C22H24N2O3. The molecule has 5 nitrogen and oxygen atoms in total. The lowest BCUT2D eigenvalue weighted by Gasteiger charge is -2.22. The van der Waals surface area contributed by atoms with E-state index >= 15 is 0 Å². The zero-order chi connectivity index (χ0) is 19.2. The summed E-state index contributed by atoms with van der Waals surface area (Å²) in [4.78, 5) is 36.5. The number of hydrogen-bond acceptors (Lipinski definition) is 3. The maximum atomic E-state index is 12.5. The van der Waals surface area contributed by atoms with Crippen molar-refractivity contribution in [3.05, 3.63) is 65.2 Å². The summed E-state index contributed by atoms with van der Waals surface area (Å²) in [5.41, 5.74) is 1.96. The van der Waals surface area contributed by atoms with E-state index in [2.05, 4.69) is 10.6 Å². The molecule has 5 heteroatoms. The van der Waals surface area contributed by atoms with Crippen molar-refractivity contribution in [2.75, 3.05) is 5.32 Å². The van der Waals surface area contributed by atoms with Gasteiger partial charge in [0, 0.05) is 28.4 Å². The number of carbonyl (C=O) groups is 3. The predicted octanol–water partition coefficient (Wildman–Crippen LogP) is 4.20. The molecule has 1 aliphatic carbocycles. The van der Waals surface area contributed by atoms with Crippen LogP contribution < -0.4 is 10.6 Å². The van der Waals surface area contributed by atoms with Gasteiger partial charge in [-0.3, -0.25) is 14.4 Å². The molecule has 0 unspecified atom stereocenters. The summed E-state index contributed by atoms with van der Waals surface area (Å²) in [7, 11) is 0. The van der Waals surface area contributed by atoms with Crippen LogP contribution >= 0.6 is 0 Å². The van der Waals surface area contributed by atoms with E-state index in [1.54, 1.807) is 48.5 Å². The third kappa shape index (κ3) is 5.03. The maximum Gasteiger partial charge on any atom is 0.255 e. The number of carbonyl (C=O) groups excluding carboxylic acids is 3. The second-order valence-corrected chi connectivity index (χ2v) is 6.98. The first-order valence-electron chi connectivity index (χ1n) is 9.36. The Hall–Kier alpha value is -2.95. The van der Waals surface area contributed by atoms with Gasteiger partial charge in [-0.05, 0) is 50.1 Å². The van der Waals surface area contributed by atoms with Crippen molar-refractivity contribution in [3.8, 4) is 0 Å². The van der Waals surface area contributed by atoms with E-state index < -0.39 is 0 Å². The van der Waals surface area contributed by atoms with Crippen LogP contribution in [0.25, 0.3) is 0 Å². The van der Waals surface area contributed by atoms with Crippen molar-refractivity contribution in [1.29, 1.82) is 0 Å². The number of amides is 2. The van der Waals surface area contributed by atoms with Crippen LogP contribution in [0.2, 0.25) is 0 Å². The summed E-state index contributed by atoms with van der Waals surface area (Å²) >= 11 is 0. The molecule has 1 fully saturated rings. The van der Waals surface area contributed by atoms with E-state index in [9.17, 15) is 14.4 Å². The van der Waals surface area contributed by atoms with Crippen LogP contribution in [0.5, 0.6) is 0 Å². The van der Waals surface area contributed by atoms with Gasteiger partial charge >= 0.3 is 0 Å². The number of anilines is 1. The third-order valence-corrected chi connectivity index (χ3v) is 4.85. The van der Waals surface area contributed by atoms with Gasteiger partial charge in [0.2, 0.25) is 0 Å². The topological polar surface area (TPSA) is 75.3 Å². The van der Waals surface area contributed by atoms with Gasteiger partial charge in [-0.1, -0.05) is 37.5 Å². The Balaban J connectivity index is 1.68. The highest BCUT2D eigenvalue weighted by Crippen LogP contribution is 2.18. The fourth-order valence-electron chi connectivity index (χ4n) is 3.34. The molecule has 2 amide bonds. The van der Waals surface area contributed by atoms with Crippen molar-refractivity contribution in [2.24, 2.45) is 0 Å². The summed E-state index contributed by atoms with van der Waals surface area (Å²) < 4.78 is 0. The number of nitrogens with one attached hydrogen (secondary N) is 2. The number of benzene rings is 2. The molecule has 140 valence electrons. The van der Waals surface area contributed by atoms with Crippen molar-refractivity contribution in [2.45, 2.75) is 45.1 Å². The standard InChI is InChI=1S/C22H24N2O3/c1-15(25)16-7-6-12-20(14-16)24-22(27)18-9-5-8-17(13-18)21(26)23-19-10-3-2-4-11-19/h5-9,12-14,19H,2-4,10-11H2,1H3,(H,23,26)(H,24,27). The van der Waals surface area contributed by atoms with Crippen molar-refractivity contribution in [1.82, 2.24) is 5.32 Å². The van der Waals surface area contributed by atoms with E-state index in [4.69, 9.17) is 0 Å². The van der Waals surface area contributed by atoms with E-state index in [1.165, 1.54) is 13.3 Å². The van der Waals surface area contributed by atoms with Gasteiger partial charge in [-0.15, -0.1) is 0 Å². The van der Waals surface area contributed by atoms with Gasteiger partial charge in [-0.2, -0.15) is 0 Å². The zero-order valence-corrected chi connectivity index (χ0v) is 15.5. The lowest BCUT2D eigenvalue weighted by atomic mass is 9.95. The van der Waals surface area contributed by atoms with E-state index in [0.29, 0.717) is 22.4 Å². The zero-order valence-electron chi connectivity index (χ0n) is 15.5. The van der Waals surface area contributed by atoms with Gasteiger partial charge in [-0.25, -0.2) is 0 Å². The summed E-state index contributed by atoms with van der Waals surface area (Å²) in [5.74, 6) is -0.523. The second kappa shape index (κ2) is 8.62. The van der Waals surface area contributed by atoms with Crippen molar-refractivity contribution < 1.29 is 14.4 Å². The molecular weight excluding hydrogens is 340 g/mol. The Morgan fingerprint density at radius 1 is 0.815 bits per heavy atom. The molecule has 1 saturated carbocycles. The van der Waals surface area contributed by atoms with E-state index in [-0.39, 0.29) is 23.6 Å². The molecule has 1 aliphatic rings. The number of rotatable bonds is 5. The predicted molar refractivity (Wildman–Crippen MR) is 105 cm³/mol. The fourth-order valence-corrected chi connectivity index (χ4v) is 3.34. The van der Waals surface area contributed by atoms with E-state index in [0.717, 1.165) is 25.7 Å². The quantitative estimate of drug-likeness (QED) is 0.781. The minimum atomic E-state index is -0.317.